The largest absolute Gasteiger partial charge is 0.423 e. The Labute approximate surface area is 95.8 Å². The zero-order chi connectivity index (χ0) is 13.3. The maximum Gasteiger partial charge on any atom is 0.423 e. The summed E-state index contributed by atoms with van der Waals surface area (Å²) in [4.78, 5) is 11.2. The van der Waals surface area contributed by atoms with Gasteiger partial charge in [0, 0.05) is 12.6 Å². The van der Waals surface area contributed by atoms with Gasteiger partial charge in [0.2, 0.25) is 0 Å². The molecule has 0 unspecified atom stereocenters. The Balaban J connectivity index is 3.07. The molecule has 0 spiro atoms. The standard InChI is InChI=1S/C10H12F3N3O/c1-16-8(17)6-2-4-7(5-3-6)9(14,15)10(11,12)13/h2-5H,14-15H2,1H3,(H,16,17). The summed E-state index contributed by atoms with van der Waals surface area (Å²) in [7, 11) is 1.42. The lowest BCUT2D eigenvalue weighted by molar-refractivity contribution is -0.188. The van der Waals surface area contributed by atoms with Crippen LogP contribution in [-0.2, 0) is 5.66 Å². The first kappa shape index (κ1) is 13.5. The van der Waals surface area contributed by atoms with Crippen molar-refractivity contribution in [2.24, 2.45) is 11.5 Å². The van der Waals surface area contributed by atoms with Crippen LogP contribution < -0.4 is 16.8 Å². The summed E-state index contributed by atoms with van der Waals surface area (Å²) in [6.45, 7) is 0. The van der Waals surface area contributed by atoms with Crippen molar-refractivity contribution in [2.75, 3.05) is 7.05 Å². The van der Waals surface area contributed by atoms with Crippen LogP contribution in [0.5, 0.6) is 0 Å². The molecule has 7 heteroatoms. The highest BCUT2D eigenvalue weighted by molar-refractivity contribution is 5.93. The monoisotopic (exact) mass is 247 g/mol. The minimum Gasteiger partial charge on any atom is -0.355 e. The molecule has 17 heavy (non-hydrogen) atoms. The summed E-state index contributed by atoms with van der Waals surface area (Å²) < 4.78 is 37.5. The minimum absolute atomic E-state index is 0.231. The molecular weight excluding hydrogens is 235 g/mol. The summed E-state index contributed by atoms with van der Waals surface area (Å²) in [5, 5.41) is 2.35. The van der Waals surface area contributed by atoms with Crippen molar-refractivity contribution in [1.29, 1.82) is 0 Å². The number of carbonyl (C=O) groups excluding carboxylic acids is 1. The number of carbonyl (C=O) groups is 1. The molecule has 0 aliphatic carbocycles. The Morgan fingerprint density at radius 1 is 1.18 bits per heavy atom. The maximum absolute atomic E-state index is 12.5. The van der Waals surface area contributed by atoms with Crippen LogP contribution in [0.15, 0.2) is 24.3 Å². The highest BCUT2D eigenvalue weighted by Crippen LogP contribution is 2.32. The van der Waals surface area contributed by atoms with Crippen LogP contribution in [0.3, 0.4) is 0 Å². The summed E-state index contributed by atoms with van der Waals surface area (Å²) in [5.41, 5.74) is 7.05. The second-order valence-corrected chi connectivity index (χ2v) is 3.52. The van der Waals surface area contributed by atoms with E-state index in [4.69, 9.17) is 11.5 Å². The Hall–Kier alpha value is -1.60. The fraction of sp³-hybridized carbons (Fsp3) is 0.300. The number of amides is 1. The Bertz CT molecular complexity index is 412. The van der Waals surface area contributed by atoms with E-state index >= 15 is 0 Å². The third kappa shape index (κ3) is 2.56. The lowest BCUT2D eigenvalue weighted by atomic mass is 9.99. The SMILES string of the molecule is CNC(=O)c1ccc(C(N)(N)C(F)(F)F)cc1. The summed E-state index contributed by atoms with van der Waals surface area (Å²) >= 11 is 0. The van der Waals surface area contributed by atoms with Crippen molar-refractivity contribution in [3.8, 4) is 0 Å². The quantitative estimate of drug-likeness (QED) is 0.672. The second-order valence-electron chi connectivity index (χ2n) is 3.52. The van der Waals surface area contributed by atoms with Gasteiger partial charge in [-0.1, -0.05) is 12.1 Å². The fourth-order valence-electron chi connectivity index (χ4n) is 1.21. The lowest BCUT2D eigenvalue weighted by Crippen LogP contribution is -2.57. The predicted octanol–water partition coefficient (Wildman–Crippen LogP) is 0.679. The summed E-state index contributed by atoms with van der Waals surface area (Å²) in [6.07, 6.45) is -4.76. The first-order valence-electron chi connectivity index (χ1n) is 4.67. The fourth-order valence-corrected chi connectivity index (χ4v) is 1.21. The average Bonchev–Trinajstić information content (AvgIpc) is 2.26. The van der Waals surface area contributed by atoms with Gasteiger partial charge in [-0.3, -0.25) is 4.79 Å². The molecular formula is C10H12F3N3O. The molecule has 1 rings (SSSR count). The molecule has 0 aliphatic heterocycles. The van der Waals surface area contributed by atoms with Gasteiger partial charge >= 0.3 is 6.18 Å². The Kier molecular flexibility index (Phi) is 3.44. The van der Waals surface area contributed by atoms with Gasteiger partial charge in [0.1, 0.15) is 0 Å². The highest BCUT2D eigenvalue weighted by Gasteiger charge is 2.50. The number of hydrogen-bond acceptors (Lipinski definition) is 3. The summed E-state index contributed by atoms with van der Waals surface area (Å²) in [5.74, 6) is -0.400. The maximum atomic E-state index is 12.5. The summed E-state index contributed by atoms with van der Waals surface area (Å²) in [6, 6.07) is 4.62. The van der Waals surface area contributed by atoms with Crippen LogP contribution in [0.4, 0.5) is 13.2 Å². The van der Waals surface area contributed by atoms with Gasteiger partial charge < -0.3 is 16.8 Å². The van der Waals surface area contributed by atoms with Gasteiger partial charge in [0.25, 0.3) is 5.91 Å². The molecule has 94 valence electrons. The number of rotatable bonds is 2. The van der Waals surface area contributed by atoms with E-state index in [0.717, 1.165) is 12.1 Å². The van der Waals surface area contributed by atoms with E-state index in [1.165, 1.54) is 19.2 Å². The third-order valence-corrected chi connectivity index (χ3v) is 2.32. The molecule has 0 radical (unpaired) electrons. The van der Waals surface area contributed by atoms with Gasteiger partial charge in [0.05, 0.1) is 0 Å². The van der Waals surface area contributed by atoms with Crippen molar-refractivity contribution in [1.82, 2.24) is 5.32 Å². The van der Waals surface area contributed by atoms with Gasteiger partial charge in [-0.15, -0.1) is 0 Å². The molecule has 1 aromatic carbocycles. The van der Waals surface area contributed by atoms with Crippen molar-refractivity contribution in [3.05, 3.63) is 35.4 Å². The molecule has 0 bridgehead atoms. The van der Waals surface area contributed by atoms with E-state index in [2.05, 4.69) is 5.32 Å². The normalized spacial score (nSPS) is 12.4. The van der Waals surface area contributed by atoms with Crippen LogP contribution in [0.2, 0.25) is 0 Å². The van der Waals surface area contributed by atoms with Crippen molar-refractivity contribution < 1.29 is 18.0 Å². The number of alkyl halides is 3. The molecule has 0 heterocycles. The zero-order valence-electron chi connectivity index (χ0n) is 9.01. The topological polar surface area (TPSA) is 81.1 Å². The molecule has 0 atom stereocenters. The average molecular weight is 247 g/mol. The van der Waals surface area contributed by atoms with Crippen molar-refractivity contribution in [3.63, 3.8) is 0 Å². The van der Waals surface area contributed by atoms with Gasteiger partial charge in [-0.05, 0) is 17.7 Å². The first-order chi connectivity index (χ1) is 7.70. The van der Waals surface area contributed by atoms with Crippen LogP contribution >= 0.6 is 0 Å². The second kappa shape index (κ2) is 4.34. The predicted molar refractivity (Wildman–Crippen MR) is 55.9 cm³/mol. The number of benzene rings is 1. The van der Waals surface area contributed by atoms with Crippen molar-refractivity contribution in [2.45, 2.75) is 11.8 Å². The van der Waals surface area contributed by atoms with E-state index in [9.17, 15) is 18.0 Å². The number of nitrogens with two attached hydrogens (primary N) is 2. The Morgan fingerprint density at radius 3 is 2.00 bits per heavy atom. The molecule has 5 N–H and O–H groups in total. The molecule has 0 fully saturated rings. The molecule has 1 amide bonds. The van der Waals surface area contributed by atoms with Gasteiger partial charge in [-0.2, -0.15) is 13.2 Å². The number of nitrogens with one attached hydrogen (secondary N) is 1. The van der Waals surface area contributed by atoms with Crippen LogP contribution in [-0.4, -0.2) is 19.1 Å². The van der Waals surface area contributed by atoms with Crippen molar-refractivity contribution >= 4 is 5.91 Å². The van der Waals surface area contributed by atoms with Crippen LogP contribution in [0.1, 0.15) is 15.9 Å². The highest BCUT2D eigenvalue weighted by atomic mass is 19.4. The molecule has 0 saturated carbocycles. The van der Waals surface area contributed by atoms with E-state index in [-0.39, 0.29) is 11.1 Å². The lowest BCUT2D eigenvalue weighted by Gasteiger charge is -2.27. The molecule has 0 saturated heterocycles. The zero-order valence-corrected chi connectivity index (χ0v) is 9.01. The third-order valence-electron chi connectivity index (χ3n) is 2.32. The molecule has 0 aliphatic rings. The van der Waals surface area contributed by atoms with E-state index in [1.54, 1.807) is 0 Å². The first-order valence-corrected chi connectivity index (χ1v) is 4.67. The van der Waals surface area contributed by atoms with E-state index < -0.39 is 17.7 Å². The van der Waals surface area contributed by atoms with E-state index in [0.29, 0.717) is 0 Å². The smallest absolute Gasteiger partial charge is 0.355 e. The van der Waals surface area contributed by atoms with Crippen LogP contribution in [0.25, 0.3) is 0 Å². The minimum atomic E-state index is -4.76. The van der Waals surface area contributed by atoms with Crippen LogP contribution in [0, 0.1) is 0 Å². The van der Waals surface area contributed by atoms with Gasteiger partial charge in [0.15, 0.2) is 5.66 Å². The molecule has 1 aromatic rings. The molecule has 0 aromatic heterocycles. The van der Waals surface area contributed by atoms with Gasteiger partial charge in [-0.25, -0.2) is 0 Å². The van der Waals surface area contributed by atoms with E-state index in [1.807, 2.05) is 0 Å². The number of hydrogen-bond donors (Lipinski definition) is 3. The molecule has 4 nitrogen and oxygen atoms in total. The Morgan fingerprint density at radius 2 is 1.65 bits per heavy atom. The number of halogens is 3.